The highest BCUT2D eigenvalue weighted by Gasteiger charge is 2.65. The van der Waals surface area contributed by atoms with Crippen LogP contribution in [0.4, 0.5) is 0 Å². The fourth-order valence-electron chi connectivity index (χ4n) is 9.47. The van der Waals surface area contributed by atoms with E-state index in [1.165, 1.54) is 0 Å². The molecule has 4 aliphatic rings. The summed E-state index contributed by atoms with van der Waals surface area (Å²) in [6.45, 7) is 6.39. The van der Waals surface area contributed by atoms with E-state index in [1.807, 2.05) is 0 Å². The smallest absolute Gasteiger partial charge is 0.396 e. The molecule has 4 fully saturated rings. The molecule has 1 unspecified atom stereocenters. The van der Waals surface area contributed by atoms with Crippen LogP contribution in [-0.4, -0.2) is 64.9 Å². The summed E-state index contributed by atoms with van der Waals surface area (Å²) in [7, 11) is -4.51. The summed E-state index contributed by atoms with van der Waals surface area (Å²) in [4.78, 5) is 0. The quantitative estimate of drug-likeness (QED) is 0.285. The molecule has 0 aromatic rings. The molecule has 0 amide bonds. The van der Waals surface area contributed by atoms with Crippen LogP contribution < -0.4 is 0 Å². The molecule has 0 radical (unpaired) electrons. The van der Waals surface area contributed by atoms with Crippen molar-refractivity contribution in [2.75, 3.05) is 13.2 Å². The summed E-state index contributed by atoms with van der Waals surface area (Å²) in [5.74, 6) is 1.42. The van der Waals surface area contributed by atoms with Gasteiger partial charge < -0.3 is 20.4 Å². The minimum absolute atomic E-state index is 0.0680. The van der Waals surface area contributed by atoms with Crippen molar-refractivity contribution in [3.63, 3.8) is 0 Å². The Kier molecular flexibility index (Phi) is 8.53. The van der Waals surface area contributed by atoms with E-state index >= 15 is 0 Å². The Balaban J connectivity index is 1.42. The highest BCUT2D eigenvalue weighted by molar-refractivity contribution is 7.80. The molecular weight excluding hydrogens is 484 g/mol. The normalized spacial score (nSPS) is 46.4. The van der Waals surface area contributed by atoms with Crippen LogP contribution in [0.15, 0.2) is 0 Å². The maximum atomic E-state index is 11.7. The van der Waals surface area contributed by atoms with Crippen molar-refractivity contribution in [2.24, 2.45) is 52.3 Å². The van der Waals surface area contributed by atoms with Gasteiger partial charge in [0.25, 0.3) is 0 Å². The summed E-state index contributed by atoms with van der Waals surface area (Å²) < 4.78 is 34.9. The van der Waals surface area contributed by atoms with E-state index < -0.39 is 16.5 Å². The topological polar surface area (TPSA) is 145 Å². The molecule has 0 aromatic carbocycles. The number of fused-ring (bicyclic) bond motifs is 5. The van der Waals surface area contributed by atoms with Crippen molar-refractivity contribution in [3.05, 3.63) is 0 Å². The van der Waals surface area contributed by atoms with Crippen LogP contribution in [0.2, 0.25) is 0 Å². The SMILES string of the molecule is C[C@H](CCCC(CO)COS(=O)(=O)O)[C@H]1CC[C@H]2[C@@H]3[C@H](O)C[C@@H]4C[C@H](O)CC[C@]4(C)[C@H]3C[C@H](O)[C@]12C. The molecule has 4 saturated carbocycles. The minimum Gasteiger partial charge on any atom is -0.396 e. The van der Waals surface area contributed by atoms with Crippen LogP contribution >= 0.6 is 0 Å². The highest BCUT2D eigenvalue weighted by atomic mass is 32.3. The Labute approximate surface area is 216 Å². The molecule has 210 valence electrons. The standard InChI is InChI=1S/C27H48O8S/c1-16(5-4-6-17(14-28)15-35-36(32,33)34)20-7-8-21-25-22(13-24(31)27(20,21)3)26(2)10-9-19(29)11-18(26)12-23(25)30/h16-25,28-31H,4-15H2,1-3H3,(H,32,33,34)/t16-,17?,18+,19-,20-,21+,22+,23-,24+,25+,26+,27-/m1/s1. The lowest BCUT2D eigenvalue weighted by molar-refractivity contribution is -0.207. The lowest BCUT2D eigenvalue weighted by Crippen LogP contribution is -2.62. The van der Waals surface area contributed by atoms with Gasteiger partial charge in [-0.2, -0.15) is 8.42 Å². The second-order valence-corrected chi connectivity index (χ2v) is 14.3. The molecule has 36 heavy (non-hydrogen) atoms. The van der Waals surface area contributed by atoms with E-state index in [0.29, 0.717) is 24.2 Å². The Morgan fingerprint density at radius 1 is 1.00 bits per heavy atom. The summed E-state index contributed by atoms with van der Waals surface area (Å²) in [5, 5.41) is 42.9. The zero-order valence-electron chi connectivity index (χ0n) is 22.1. The fourth-order valence-corrected chi connectivity index (χ4v) is 9.84. The largest absolute Gasteiger partial charge is 0.397 e. The van der Waals surface area contributed by atoms with Gasteiger partial charge in [0.2, 0.25) is 0 Å². The molecule has 0 spiro atoms. The summed E-state index contributed by atoms with van der Waals surface area (Å²) >= 11 is 0. The molecule has 0 heterocycles. The number of hydrogen-bond acceptors (Lipinski definition) is 7. The van der Waals surface area contributed by atoms with E-state index in [-0.39, 0.29) is 59.9 Å². The lowest BCUT2D eigenvalue weighted by atomic mass is 9.43. The Morgan fingerprint density at radius 3 is 2.39 bits per heavy atom. The molecule has 4 rings (SSSR count). The van der Waals surface area contributed by atoms with E-state index in [4.69, 9.17) is 4.55 Å². The summed E-state index contributed by atoms with van der Waals surface area (Å²) in [5.41, 5.74) is -0.179. The third-order valence-electron chi connectivity index (χ3n) is 11.5. The van der Waals surface area contributed by atoms with Crippen molar-refractivity contribution in [2.45, 2.75) is 103 Å². The van der Waals surface area contributed by atoms with Gasteiger partial charge in [-0.1, -0.05) is 33.6 Å². The average molecular weight is 533 g/mol. The van der Waals surface area contributed by atoms with Gasteiger partial charge in [-0.05, 0) is 97.7 Å². The lowest BCUT2D eigenvalue weighted by Gasteiger charge is -2.63. The second-order valence-electron chi connectivity index (χ2n) is 13.2. The first-order valence-corrected chi connectivity index (χ1v) is 15.4. The Hall–Kier alpha value is -0.290. The van der Waals surface area contributed by atoms with E-state index in [9.17, 15) is 28.8 Å². The van der Waals surface area contributed by atoms with Crippen molar-refractivity contribution < 1.29 is 37.6 Å². The fraction of sp³-hybridized carbons (Fsp3) is 1.00. The molecule has 0 aromatic heterocycles. The van der Waals surface area contributed by atoms with Crippen LogP contribution in [0.3, 0.4) is 0 Å². The first-order valence-electron chi connectivity index (χ1n) is 14.1. The molecule has 12 atom stereocenters. The van der Waals surface area contributed by atoms with Gasteiger partial charge in [0.15, 0.2) is 0 Å². The molecule has 5 N–H and O–H groups in total. The Morgan fingerprint density at radius 2 is 1.72 bits per heavy atom. The molecule has 0 aliphatic heterocycles. The van der Waals surface area contributed by atoms with Crippen molar-refractivity contribution in [1.29, 1.82) is 0 Å². The van der Waals surface area contributed by atoms with Crippen LogP contribution in [0.1, 0.15) is 85.0 Å². The monoisotopic (exact) mass is 532 g/mol. The van der Waals surface area contributed by atoms with Gasteiger partial charge in [-0.25, -0.2) is 4.18 Å². The Bertz CT molecular complexity index is 866. The van der Waals surface area contributed by atoms with Crippen LogP contribution in [0.25, 0.3) is 0 Å². The van der Waals surface area contributed by atoms with E-state index in [0.717, 1.165) is 57.8 Å². The van der Waals surface area contributed by atoms with E-state index in [2.05, 4.69) is 25.0 Å². The third-order valence-corrected chi connectivity index (χ3v) is 11.9. The molecular formula is C27H48O8S. The maximum Gasteiger partial charge on any atom is 0.397 e. The van der Waals surface area contributed by atoms with Gasteiger partial charge in [0.1, 0.15) is 0 Å². The predicted molar refractivity (Wildman–Crippen MR) is 135 cm³/mol. The van der Waals surface area contributed by atoms with Crippen molar-refractivity contribution in [3.8, 4) is 0 Å². The second kappa shape index (κ2) is 10.7. The minimum atomic E-state index is -4.51. The summed E-state index contributed by atoms with van der Waals surface area (Å²) in [6, 6.07) is 0. The zero-order valence-corrected chi connectivity index (χ0v) is 22.9. The number of hydrogen-bond donors (Lipinski definition) is 5. The summed E-state index contributed by atoms with van der Waals surface area (Å²) in [6.07, 6.45) is 7.30. The molecule has 8 nitrogen and oxygen atoms in total. The molecule has 0 bridgehead atoms. The van der Waals surface area contributed by atoms with Gasteiger partial charge >= 0.3 is 10.4 Å². The van der Waals surface area contributed by atoms with Crippen LogP contribution in [-0.2, 0) is 14.6 Å². The average Bonchev–Trinajstić information content (AvgIpc) is 3.16. The van der Waals surface area contributed by atoms with Gasteiger partial charge in [-0.3, -0.25) is 4.55 Å². The molecule has 0 saturated heterocycles. The number of aliphatic hydroxyl groups is 4. The van der Waals surface area contributed by atoms with Crippen molar-refractivity contribution >= 4 is 10.4 Å². The van der Waals surface area contributed by atoms with Gasteiger partial charge in [0.05, 0.1) is 24.9 Å². The molecule has 9 heteroatoms. The predicted octanol–water partition coefficient (Wildman–Crippen LogP) is 3.18. The molecule has 4 aliphatic carbocycles. The van der Waals surface area contributed by atoms with E-state index in [1.54, 1.807) is 0 Å². The van der Waals surface area contributed by atoms with Crippen molar-refractivity contribution in [1.82, 2.24) is 0 Å². The maximum absolute atomic E-state index is 11.7. The highest BCUT2D eigenvalue weighted by Crippen LogP contribution is 2.68. The number of aliphatic hydroxyl groups excluding tert-OH is 4. The first-order chi connectivity index (χ1) is 16.8. The van der Waals surface area contributed by atoms with Gasteiger partial charge in [-0.15, -0.1) is 0 Å². The van der Waals surface area contributed by atoms with Crippen LogP contribution in [0.5, 0.6) is 0 Å². The first kappa shape index (κ1) is 28.7. The third kappa shape index (κ3) is 5.27. The van der Waals surface area contributed by atoms with Crippen LogP contribution in [0, 0.1) is 52.3 Å². The number of rotatable bonds is 9. The van der Waals surface area contributed by atoms with Gasteiger partial charge in [0, 0.05) is 12.5 Å². The zero-order chi connectivity index (χ0) is 26.5.